The van der Waals surface area contributed by atoms with E-state index in [-0.39, 0.29) is 16.7 Å². The molecule has 2 fully saturated rings. The molecule has 21 heavy (non-hydrogen) atoms. The van der Waals surface area contributed by atoms with Crippen LogP contribution in [0.2, 0.25) is 0 Å². The van der Waals surface area contributed by atoms with Gasteiger partial charge in [0.25, 0.3) is 0 Å². The molecule has 1 saturated heterocycles. The molecule has 2 aliphatic rings. The van der Waals surface area contributed by atoms with Crippen molar-refractivity contribution in [3.8, 4) is 0 Å². The smallest absolute Gasteiger partial charge is 0.243 e. The maximum Gasteiger partial charge on any atom is 0.243 e. The van der Waals surface area contributed by atoms with Gasteiger partial charge in [-0.3, -0.25) is 4.79 Å². The molecule has 0 radical (unpaired) electrons. The molecule has 5 heteroatoms. The minimum absolute atomic E-state index is 0.107. The molecule has 114 valence electrons. The normalized spacial score (nSPS) is 26.5. The Morgan fingerprint density at radius 2 is 1.95 bits per heavy atom. The van der Waals surface area contributed by atoms with E-state index in [4.69, 9.17) is 0 Å². The first kappa shape index (κ1) is 14.7. The number of ketones is 1. The van der Waals surface area contributed by atoms with Crippen LogP contribution in [0.25, 0.3) is 0 Å². The van der Waals surface area contributed by atoms with E-state index in [1.54, 1.807) is 22.5 Å². The highest BCUT2D eigenvalue weighted by Crippen LogP contribution is 2.39. The fraction of sp³-hybridized carbons (Fsp3) is 0.562. The van der Waals surface area contributed by atoms with Crippen molar-refractivity contribution in [2.24, 2.45) is 5.92 Å². The van der Waals surface area contributed by atoms with Crippen LogP contribution in [0.5, 0.6) is 0 Å². The molecule has 4 nitrogen and oxygen atoms in total. The van der Waals surface area contributed by atoms with Crippen LogP contribution in [-0.2, 0) is 10.0 Å². The van der Waals surface area contributed by atoms with Crippen LogP contribution in [0.15, 0.2) is 29.2 Å². The van der Waals surface area contributed by atoms with Crippen LogP contribution < -0.4 is 0 Å². The lowest BCUT2D eigenvalue weighted by Gasteiger charge is -2.31. The Bertz CT molecular complexity index is 653. The lowest BCUT2D eigenvalue weighted by atomic mass is 9.86. The highest BCUT2D eigenvalue weighted by Gasteiger charge is 2.42. The Morgan fingerprint density at radius 1 is 1.19 bits per heavy atom. The largest absolute Gasteiger partial charge is 0.295 e. The molecule has 2 atom stereocenters. The lowest BCUT2D eigenvalue weighted by Crippen LogP contribution is -2.39. The maximum atomic E-state index is 12.9. The maximum absolute atomic E-state index is 12.9. The first-order valence-corrected chi connectivity index (χ1v) is 9.07. The van der Waals surface area contributed by atoms with Crippen molar-refractivity contribution in [3.05, 3.63) is 29.8 Å². The third-order valence-corrected chi connectivity index (χ3v) is 6.73. The summed E-state index contributed by atoms with van der Waals surface area (Å²) in [6.45, 7) is 2.07. The van der Waals surface area contributed by atoms with Crippen molar-refractivity contribution in [1.29, 1.82) is 0 Å². The van der Waals surface area contributed by atoms with E-state index < -0.39 is 10.0 Å². The average Bonchev–Trinajstić information content (AvgIpc) is 2.92. The summed E-state index contributed by atoms with van der Waals surface area (Å²) in [5.74, 6) is 0.411. The van der Waals surface area contributed by atoms with E-state index >= 15 is 0 Å². The van der Waals surface area contributed by atoms with Crippen molar-refractivity contribution >= 4 is 15.8 Å². The minimum Gasteiger partial charge on any atom is -0.295 e. The number of hydrogen-bond donors (Lipinski definition) is 0. The second-order valence-electron chi connectivity index (χ2n) is 6.10. The van der Waals surface area contributed by atoms with Crippen molar-refractivity contribution < 1.29 is 13.2 Å². The van der Waals surface area contributed by atoms with Gasteiger partial charge in [0.05, 0.1) is 4.90 Å². The zero-order chi connectivity index (χ0) is 15.0. The summed E-state index contributed by atoms with van der Waals surface area (Å²) in [6.07, 6.45) is 5.41. The standard InChI is InChI=1S/C16H21NO3S/c1-12(18)14-6-4-7-15(11-14)21(19,20)17-10-9-13-5-2-3-8-16(13)17/h4,6-7,11,13,16H,2-3,5,8-10H2,1H3. The van der Waals surface area contributed by atoms with Gasteiger partial charge in [0.2, 0.25) is 10.0 Å². The Labute approximate surface area is 126 Å². The van der Waals surface area contributed by atoms with Crippen LogP contribution in [0.4, 0.5) is 0 Å². The Kier molecular flexibility index (Phi) is 3.88. The first-order valence-electron chi connectivity index (χ1n) is 7.63. The highest BCUT2D eigenvalue weighted by atomic mass is 32.2. The number of fused-ring (bicyclic) bond motifs is 1. The molecular weight excluding hydrogens is 286 g/mol. The van der Waals surface area contributed by atoms with E-state index in [1.165, 1.54) is 19.4 Å². The third kappa shape index (κ3) is 2.64. The van der Waals surface area contributed by atoms with Crippen LogP contribution >= 0.6 is 0 Å². The van der Waals surface area contributed by atoms with Gasteiger partial charge in [0, 0.05) is 18.2 Å². The van der Waals surface area contributed by atoms with E-state index in [1.807, 2.05) is 0 Å². The number of sulfonamides is 1. The number of Topliss-reactive ketones (excluding diaryl/α,β-unsaturated/α-hetero) is 1. The second-order valence-corrected chi connectivity index (χ2v) is 7.99. The Hall–Kier alpha value is -1.20. The summed E-state index contributed by atoms with van der Waals surface area (Å²) < 4.78 is 27.4. The summed E-state index contributed by atoms with van der Waals surface area (Å²) in [7, 11) is -3.48. The van der Waals surface area contributed by atoms with E-state index in [0.29, 0.717) is 18.0 Å². The zero-order valence-corrected chi connectivity index (χ0v) is 13.1. The first-order chi connectivity index (χ1) is 10.00. The number of hydrogen-bond acceptors (Lipinski definition) is 3. The number of benzene rings is 1. The van der Waals surface area contributed by atoms with Crippen molar-refractivity contribution in [2.75, 3.05) is 6.54 Å². The van der Waals surface area contributed by atoms with Crippen molar-refractivity contribution in [2.45, 2.75) is 50.0 Å². The molecule has 1 aliphatic carbocycles. The van der Waals surface area contributed by atoms with Crippen LogP contribution in [0.1, 0.15) is 49.4 Å². The zero-order valence-electron chi connectivity index (χ0n) is 12.3. The number of carbonyl (C=O) groups excluding carboxylic acids is 1. The van der Waals surface area contributed by atoms with Crippen LogP contribution in [-0.4, -0.2) is 31.1 Å². The van der Waals surface area contributed by atoms with Gasteiger partial charge in [-0.2, -0.15) is 4.31 Å². The molecule has 1 aromatic carbocycles. The number of carbonyl (C=O) groups is 1. The predicted octanol–water partition coefficient (Wildman–Crippen LogP) is 2.84. The Morgan fingerprint density at radius 3 is 2.71 bits per heavy atom. The van der Waals surface area contributed by atoms with Gasteiger partial charge >= 0.3 is 0 Å². The Balaban J connectivity index is 1.93. The molecule has 0 N–H and O–H groups in total. The van der Waals surface area contributed by atoms with Crippen molar-refractivity contribution in [1.82, 2.24) is 4.31 Å². The van der Waals surface area contributed by atoms with E-state index in [0.717, 1.165) is 25.7 Å². The van der Waals surface area contributed by atoms with Gasteiger partial charge in [-0.25, -0.2) is 8.42 Å². The molecule has 3 rings (SSSR count). The fourth-order valence-corrected chi connectivity index (χ4v) is 5.45. The molecule has 0 bridgehead atoms. The lowest BCUT2D eigenvalue weighted by molar-refractivity contribution is 0.101. The van der Waals surface area contributed by atoms with Gasteiger partial charge in [0.15, 0.2) is 5.78 Å². The minimum atomic E-state index is -3.48. The van der Waals surface area contributed by atoms with Gasteiger partial charge < -0.3 is 0 Å². The quantitative estimate of drug-likeness (QED) is 0.807. The predicted molar refractivity (Wildman–Crippen MR) is 80.7 cm³/mol. The van der Waals surface area contributed by atoms with Gasteiger partial charge in [0.1, 0.15) is 0 Å². The summed E-state index contributed by atoms with van der Waals surface area (Å²) >= 11 is 0. The molecular formula is C16H21NO3S. The molecule has 0 spiro atoms. The van der Waals surface area contributed by atoms with E-state index in [2.05, 4.69) is 0 Å². The third-order valence-electron chi connectivity index (χ3n) is 4.81. The summed E-state index contributed by atoms with van der Waals surface area (Å²) in [6, 6.07) is 6.57. The van der Waals surface area contributed by atoms with Crippen LogP contribution in [0, 0.1) is 5.92 Å². The van der Waals surface area contributed by atoms with E-state index in [9.17, 15) is 13.2 Å². The summed E-state index contributed by atoms with van der Waals surface area (Å²) in [5.41, 5.74) is 0.454. The molecule has 1 aliphatic heterocycles. The SMILES string of the molecule is CC(=O)c1cccc(S(=O)(=O)N2CCC3CCCCC32)c1. The molecule has 1 aromatic rings. The molecule has 0 aromatic heterocycles. The average molecular weight is 307 g/mol. The molecule has 0 amide bonds. The van der Waals surface area contributed by atoms with Crippen molar-refractivity contribution in [3.63, 3.8) is 0 Å². The van der Waals surface area contributed by atoms with Gasteiger partial charge in [-0.15, -0.1) is 0 Å². The summed E-state index contributed by atoms with van der Waals surface area (Å²) in [4.78, 5) is 11.7. The van der Waals surface area contributed by atoms with Crippen LogP contribution in [0.3, 0.4) is 0 Å². The second kappa shape index (κ2) is 5.54. The monoisotopic (exact) mass is 307 g/mol. The molecule has 1 heterocycles. The fourth-order valence-electron chi connectivity index (χ4n) is 3.67. The van der Waals surface area contributed by atoms with Gasteiger partial charge in [-0.1, -0.05) is 25.0 Å². The number of rotatable bonds is 3. The number of nitrogens with zero attached hydrogens (tertiary/aromatic N) is 1. The molecule has 2 unspecified atom stereocenters. The molecule has 1 saturated carbocycles. The highest BCUT2D eigenvalue weighted by molar-refractivity contribution is 7.89. The summed E-state index contributed by atoms with van der Waals surface area (Å²) in [5, 5.41) is 0. The topological polar surface area (TPSA) is 54.5 Å². The van der Waals surface area contributed by atoms with Gasteiger partial charge in [-0.05, 0) is 44.2 Å².